The number of benzene rings is 3. The zero-order chi connectivity index (χ0) is 24.1. The van der Waals surface area contributed by atoms with Crippen LogP contribution in [0.2, 0.25) is 0 Å². The number of carbonyl (C=O) groups is 3. The van der Waals surface area contributed by atoms with Crippen LogP contribution in [0.5, 0.6) is 0 Å². The number of amides is 3. The Morgan fingerprint density at radius 2 is 1.63 bits per heavy atom. The maximum absolute atomic E-state index is 13.5. The Bertz CT molecular complexity index is 1330. The Morgan fingerprint density at radius 1 is 0.857 bits per heavy atom. The Balaban J connectivity index is 1.28. The molecule has 6 heteroatoms. The molecule has 3 aromatic carbocycles. The van der Waals surface area contributed by atoms with Crippen molar-refractivity contribution in [2.24, 2.45) is 0 Å². The van der Waals surface area contributed by atoms with Gasteiger partial charge in [0.2, 0.25) is 5.91 Å². The van der Waals surface area contributed by atoms with Gasteiger partial charge in [-0.3, -0.25) is 29.1 Å². The third kappa shape index (κ3) is 3.64. The van der Waals surface area contributed by atoms with Crippen molar-refractivity contribution >= 4 is 34.2 Å². The fourth-order valence-electron chi connectivity index (χ4n) is 6.07. The third-order valence-corrected chi connectivity index (χ3v) is 7.97. The van der Waals surface area contributed by atoms with Gasteiger partial charge >= 0.3 is 0 Å². The van der Waals surface area contributed by atoms with Crippen molar-refractivity contribution in [1.29, 1.82) is 0 Å². The van der Waals surface area contributed by atoms with Gasteiger partial charge in [0.05, 0.1) is 5.69 Å². The first-order valence-corrected chi connectivity index (χ1v) is 12.5. The number of piperidine rings is 2. The van der Waals surface area contributed by atoms with E-state index in [4.69, 9.17) is 0 Å². The first kappa shape index (κ1) is 22.0. The number of hydrogen-bond donors (Lipinski definition) is 0. The minimum Gasteiger partial charge on any atom is -0.299 e. The van der Waals surface area contributed by atoms with Gasteiger partial charge in [-0.1, -0.05) is 48.5 Å². The summed E-state index contributed by atoms with van der Waals surface area (Å²) in [7, 11) is 1.51. The number of carbonyl (C=O) groups excluding carboxylic acids is 3. The summed E-state index contributed by atoms with van der Waals surface area (Å²) < 4.78 is 0. The van der Waals surface area contributed by atoms with Gasteiger partial charge in [0.15, 0.2) is 0 Å². The topological polar surface area (TPSA) is 60.9 Å². The summed E-state index contributed by atoms with van der Waals surface area (Å²) in [6, 6.07) is 20.1. The lowest BCUT2D eigenvalue weighted by molar-refractivity contribution is -0.147. The molecule has 3 aliphatic rings. The predicted molar refractivity (Wildman–Crippen MR) is 135 cm³/mol. The molecule has 2 fully saturated rings. The first-order valence-electron chi connectivity index (χ1n) is 12.5. The molecular weight excluding hydrogens is 438 g/mol. The lowest BCUT2D eigenvalue weighted by atomic mass is 9.85. The molecule has 0 aliphatic carbocycles. The first-order chi connectivity index (χ1) is 17.0. The predicted octanol–water partition coefficient (Wildman–Crippen LogP) is 4.33. The molecule has 178 valence electrons. The van der Waals surface area contributed by atoms with E-state index in [1.54, 1.807) is 4.90 Å². The normalized spacial score (nSPS) is 21.4. The monoisotopic (exact) mass is 467 g/mol. The zero-order valence-electron chi connectivity index (χ0n) is 19.9. The summed E-state index contributed by atoms with van der Waals surface area (Å²) in [5, 5.41) is 2.07. The average Bonchev–Trinajstić information content (AvgIpc) is 3.17. The number of anilines is 1. The van der Waals surface area contributed by atoms with E-state index in [0.717, 1.165) is 48.9 Å². The molecule has 3 heterocycles. The Morgan fingerprint density at radius 3 is 2.40 bits per heavy atom. The van der Waals surface area contributed by atoms with Gasteiger partial charge in [-0.2, -0.15) is 0 Å². The van der Waals surface area contributed by atoms with Crippen LogP contribution in [-0.2, 0) is 16.1 Å². The van der Waals surface area contributed by atoms with Gasteiger partial charge in [0.25, 0.3) is 11.8 Å². The van der Waals surface area contributed by atoms with Crippen LogP contribution in [-0.4, -0.2) is 53.7 Å². The summed E-state index contributed by atoms with van der Waals surface area (Å²) in [6.45, 7) is 3.07. The quantitative estimate of drug-likeness (QED) is 0.536. The molecule has 3 amide bonds. The van der Waals surface area contributed by atoms with Crippen molar-refractivity contribution in [1.82, 2.24) is 9.80 Å². The van der Waals surface area contributed by atoms with Gasteiger partial charge in [-0.15, -0.1) is 0 Å². The molecule has 0 spiro atoms. The van der Waals surface area contributed by atoms with E-state index in [1.165, 1.54) is 23.1 Å². The van der Waals surface area contributed by atoms with Crippen molar-refractivity contribution in [3.8, 4) is 0 Å². The van der Waals surface area contributed by atoms with E-state index in [0.29, 0.717) is 17.9 Å². The minimum atomic E-state index is -0.632. The highest BCUT2D eigenvalue weighted by Gasteiger charge is 2.43. The molecule has 3 aromatic rings. The summed E-state index contributed by atoms with van der Waals surface area (Å²) in [5.74, 6) is -0.183. The molecule has 0 bridgehead atoms. The highest BCUT2D eigenvalue weighted by atomic mass is 16.2. The van der Waals surface area contributed by atoms with Gasteiger partial charge < -0.3 is 0 Å². The fourth-order valence-corrected chi connectivity index (χ4v) is 6.07. The lowest BCUT2D eigenvalue weighted by Crippen LogP contribution is -2.54. The second kappa shape index (κ2) is 8.61. The molecular formula is C29H29N3O3. The number of imide groups is 1. The maximum Gasteiger partial charge on any atom is 0.259 e. The van der Waals surface area contributed by atoms with E-state index in [-0.39, 0.29) is 24.1 Å². The fraction of sp³-hybridized carbons (Fsp3) is 0.345. The number of likely N-dealkylation sites (tertiary alicyclic amines) is 2. The van der Waals surface area contributed by atoms with Crippen molar-refractivity contribution in [2.45, 2.75) is 44.2 Å². The Hall–Kier alpha value is -3.51. The number of rotatable bonds is 4. The standard InChI is InChI=1S/C29H29N3O3/c1-30-26(33)13-12-25(29(30)35)32-24-9-5-8-22-21(10-11-23(27(22)24)28(32)34)20-14-16-31(17-15-20)18-19-6-3-2-4-7-19/h2-11,20,25H,12-18H2,1H3. The van der Waals surface area contributed by atoms with Crippen LogP contribution in [0.25, 0.3) is 10.8 Å². The van der Waals surface area contributed by atoms with E-state index >= 15 is 0 Å². The van der Waals surface area contributed by atoms with Gasteiger partial charge in [-0.05, 0) is 66.9 Å². The van der Waals surface area contributed by atoms with Crippen LogP contribution in [0.15, 0.2) is 60.7 Å². The van der Waals surface area contributed by atoms with Crippen LogP contribution in [0, 0.1) is 0 Å². The molecule has 3 aliphatic heterocycles. The van der Waals surface area contributed by atoms with Crippen LogP contribution in [0.3, 0.4) is 0 Å². The molecule has 2 saturated heterocycles. The number of likely N-dealkylation sites (N-methyl/N-ethyl adjacent to an activating group) is 1. The van der Waals surface area contributed by atoms with Gasteiger partial charge in [0.1, 0.15) is 6.04 Å². The van der Waals surface area contributed by atoms with Crippen molar-refractivity contribution < 1.29 is 14.4 Å². The maximum atomic E-state index is 13.5. The third-order valence-electron chi connectivity index (χ3n) is 7.97. The second-order valence-corrected chi connectivity index (χ2v) is 9.96. The van der Waals surface area contributed by atoms with Crippen LogP contribution in [0.1, 0.15) is 53.1 Å². The van der Waals surface area contributed by atoms with Gasteiger partial charge in [-0.25, -0.2) is 0 Å². The van der Waals surface area contributed by atoms with Gasteiger partial charge in [0, 0.05) is 31.0 Å². The molecule has 0 radical (unpaired) electrons. The molecule has 1 unspecified atom stereocenters. The Labute approximate surface area is 205 Å². The molecule has 0 aromatic heterocycles. The van der Waals surface area contributed by atoms with E-state index in [2.05, 4.69) is 47.4 Å². The summed E-state index contributed by atoms with van der Waals surface area (Å²) >= 11 is 0. The largest absolute Gasteiger partial charge is 0.299 e. The average molecular weight is 468 g/mol. The summed E-state index contributed by atoms with van der Waals surface area (Å²) in [4.78, 5) is 43.7. The van der Waals surface area contributed by atoms with Crippen molar-refractivity contribution in [2.75, 3.05) is 25.0 Å². The summed E-state index contributed by atoms with van der Waals surface area (Å²) in [5.41, 5.74) is 4.10. The van der Waals surface area contributed by atoms with Crippen LogP contribution >= 0.6 is 0 Å². The smallest absolute Gasteiger partial charge is 0.259 e. The van der Waals surface area contributed by atoms with Crippen LogP contribution < -0.4 is 4.90 Å². The number of nitrogens with zero attached hydrogens (tertiary/aromatic N) is 3. The minimum absolute atomic E-state index is 0.137. The molecule has 6 rings (SSSR count). The zero-order valence-corrected chi connectivity index (χ0v) is 19.9. The van der Waals surface area contributed by atoms with E-state index < -0.39 is 6.04 Å². The molecule has 35 heavy (non-hydrogen) atoms. The van der Waals surface area contributed by atoms with E-state index in [9.17, 15) is 14.4 Å². The lowest BCUT2D eigenvalue weighted by Gasteiger charge is -2.34. The molecule has 1 atom stereocenters. The van der Waals surface area contributed by atoms with Crippen LogP contribution in [0.4, 0.5) is 5.69 Å². The highest BCUT2D eigenvalue weighted by Crippen LogP contribution is 2.44. The van der Waals surface area contributed by atoms with Crippen molar-refractivity contribution in [3.05, 3.63) is 77.4 Å². The number of hydrogen-bond acceptors (Lipinski definition) is 4. The SMILES string of the molecule is CN1C(=O)CCC(N2C(=O)c3ccc(C4CCN(Cc5ccccc5)CC4)c4cccc2c34)C1=O. The van der Waals surface area contributed by atoms with E-state index in [1.807, 2.05) is 18.2 Å². The molecule has 0 N–H and O–H groups in total. The summed E-state index contributed by atoms with van der Waals surface area (Å²) in [6.07, 6.45) is 2.80. The second-order valence-electron chi connectivity index (χ2n) is 9.96. The Kier molecular flexibility index (Phi) is 5.41. The van der Waals surface area contributed by atoms with Crippen molar-refractivity contribution in [3.63, 3.8) is 0 Å². The highest BCUT2D eigenvalue weighted by molar-refractivity contribution is 6.27. The molecule has 6 nitrogen and oxygen atoms in total. The molecule has 0 saturated carbocycles.